The minimum Gasteiger partial charge on any atom is -0.504 e. The Morgan fingerprint density at radius 3 is 2.54 bits per heavy atom. The van der Waals surface area contributed by atoms with Gasteiger partial charge in [0, 0.05) is 54.2 Å². The van der Waals surface area contributed by atoms with Crippen LogP contribution in [0, 0.1) is 11.3 Å². The van der Waals surface area contributed by atoms with Crippen molar-refractivity contribution in [2.75, 3.05) is 32.1 Å². The molecule has 1 saturated heterocycles. The Morgan fingerprint density at radius 1 is 1.04 bits per heavy atom. The number of piperidine rings is 1. The number of rotatable bonds is 8. The first kappa shape index (κ1) is 29.8. The monoisotopic (exact) mass is 622 g/mol. The van der Waals surface area contributed by atoms with E-state index < -0.39 is 11.2 Å². The first-order valence-corrected chi connectivity index (χ1v) is 17.0. The van der Waals surface area contributed by atoms with E-state index in [9.17, 15) is 10.2 Å². The molecule has 2 unspecified atom stereocenters. The van der Waals surface area contributed by atoms with Crippen LogP contribution >= 0.6 is 0 Å². The Hall–Kier alpha value is -3.59. The Bertz CT molecular complexity index is 1640. The molecule has 2 aliphatic heterocycles. The number of phenolic OH excluding ortho intramolecular Hbond substituents is 1. The zero-order chi connectivity index (χ0) is 31.7. The minimum absolute atomic E-state index is 0.0604. The number of methoxy groups -OCH3 is 1. The molecule has 0 aromatic heterocycles. The predicted molar refractivity (Wildman–Crippen MR) is 180 cm³/mol. The number of phenols is 1. The van der Waals surface area contributed by atoms with Crippen molar-refractivity contribution in [1.82, 2.24) is 10.2 Å². The van der Waals surface area contributed by atoms with Gasteiger partial charge in [0.05, 0.1) is 11.3 Å². The van der Waals surface area contributed by atoms with Crippen LogP contribution in [0.1, 0.15) is 57.1 Å². The summed E-state index contributed by atoms with van der Waals surface area (Å²) < 4.78 is 13.4. The SMILES string of the molecule is COC12CCC3(C[C@@H]1C(C)(C)O)[C@H]1Cc4ccc(O)c5c4[C@@]3(CCN1CCCN/C(=N\c1ccccc1)Nc1ccccc1)[C@H]2O5. The van der Waals surface area contributed by atoms with Crippen LogP contribution in [-0.4, -0.2) is 71.2 Å². The Morgan fingerprint density at radius 2 is 1.80 bits per heavy atom. The Labute approximate surface area is 271 Å². The van der Waals surface area contributed by atoms with Crippen LogP contribution in [0.25, 0.3) is 0 Å². The second-order valence-electron chi connectivity index (χ2n) is 14.7. The minimum atomic E-state index is -0.922. The third-order valence-electron chi connectivity index (χ3n) is 12.3. The number of likely N-dealkylation sites (tertiary alicyclic amines) is 1. The summed E-state index contributed by atoms with van der Waals surface area (Å²) in [6.45, 7) is 6.60. The van der Waals surface area contributed by atoms with Gasteiger partial charge in [-0.1, -0.05) is 42.5 Å². The lowest BCUT2D eigenvalue weighted by atomic mass is 9.34. The number of anilines is 1. The van der Waals surface area contributed by atoms with Crippen molar-refractivity contribution >= 4 is 17.3 Å². The van der Waals surface area contributed by atoms with Crippen LogP contribution in [0.5, 0.6) is 11.5 Å². The van der Waals surface area contributed by atoms with Crippen LogP contribution in [0.2, 0.25) is 0 Å². The molecule has 2 spiro atoms. The first-order chi connectivity index (χ1) is 22.2. The number of hydrogen-bond donors (Lipinski definition) is 4. The number of nitrogens with one attached hydrogen (secondary N) is 2. The molecule has 3 aromatic carbocycles. The number of aliphatic imine (C=N–C) groups is 1. The molecule has 4 N–H and O–H groups in total. The number of para-hydroxylation sites is 2. The molecule has 0 amide bonds. The van der Waals surface area contributed by atoms with E-state index in [0.29, 0.717) is 11.8 Å². The van der Waals surface area contributed by atoms with E-state index in [1.807, 2.05) is 80.6 Å². The molecule has 4 bridgehead atoms. The Kier molecular flexibility index (Phi) is 6.94. The summed E-state index contributed by atoms with van der Waals surface area (Å²) >= 11 is 0. The number of hydrogen-bond acceptors (Lipinski definition) is 6. The number of aromatic hydroxyl groups is 1. The average Bonchev–Trinajstić information content (AvgIpc) is 3.43. The predicted octanol–water partition coefficient (Wildman–Crippen LogP) is 5.76. The maximum Gasteiger partial charge on any atom is 0.201 e. The quantitative estimate of drug-likeness (QED) is 0.144. The number of aliphatic hydroxyl groups is 1. The largest absolute Gasteiger partial charge is 0.504 e. The molecule has 46 heavy (non-hydrogen) atoms. The first-order valence-electron chi connectivity index (χ1n) is 17.0. The number of benzene rings is 3. The van der Waals surface area contributed by atoms with Gasteiger partial charge in [0.15, 0.2) is 11.5 Å². The van der Waals surface area contributed by atoms with Crippen molar-refractivity contribution in [3.05, 3.63) is 83.9 Å². The van der Waals surface area contributed by atoms with Gasteiger partial charge in [-0.15, -0.1) is 0 Å². The molecular weight excluding hydrogens is 576 g/mol. The Balaban J connectivity index is 1.07. The van der Waals surface area contributed by atoms with Gasteiger partial charge in [-0.2, -0.15) is 0 Å². The molecule has 4 aliphatic carbocycles. The maximum atomic E-state index is 11.6. The van der Waals surface area contributed by atoms with Crippen molar-refractivity contribution in [1.29, 1.82) is 0 Å². The highest BCUT2D eigenvalue weighted by atomic mass is 16.6. The summed E-state index contributed by atoms with van der Waals surface area (Å²) in [4.78, 5) is 7.60. The van der Waals surface area contributed by atoms with Gasteiger partial charge in [0.2, 0.25) is 5.96 Å². The fourth-order valence-electron chi connectivity index (χ4n) is 10.5. The molecule has 6 atom stereocenters. The van der Waals surface area contributed by atoms with Gasteiger partial charge in [-0.3, -0.25) is 4.90 Å². The van der Waals surface area contributed by atoms with Crippen molar-refractivity contribution in [3.8, 4) is 11.5 Å². The molecule has 9 rings (SSSR count). The fraction of sp³-hybridized carbons (Fsp3) is 0.500. The van der Waals surface area contributed by atoms with Crippen LogP contribution < -0.4 is 15.4 Å². The van der Waals surface area contributed by atoms with Gasteiger partial charge in [0.25, 0.3) is 0 Å². The highest BCUT2D eigenvalue weighted by molar-refractivity contribution is 5.95. The van der Waals surface area contributed by atoms with E-state index in [1.54, 1.807) is 7.11 Å². The summed E-state index contributed by atoms with van der Waals surface area (Å²) in [5.74, 6) is 1.56. The van der Waals surface area contributed by atoms with Crippen LogP contribution in [0.15, 0.2) is 77.8 Å². The number of fused-ring (bicyclic) bond motifs is 2. The summed E-state index contributed by atoms with van der Waals surface area (Å²) in [6.07, 6.45) is 5.43. The average molecular weight is 623 g/mol. The molecule has 6 aliphatic rings. The van der Waals surface area contributed by atoms with Gasteiger partial charge >= 0.3 is 0 Å². The summed E-state index contributed by atoms with van der Waals surface area (Å²) in [6, 6.07) is 24.4. The molecule has 0 radical (unpaired) electrons. The third kappa shape index (κ3) is 4.19. The smallest absolute Gasteiger partial charge is 0.201 e. The van der Waals surface area contributed by atoms with Gasteiger partial charge in [-0.05, 0) is 94.8 Å². The zero-order valence-corrected chi connectivity index (χ0v) is 27.1. The fourth-order valence-corrected chi connectivity index (χ4v) is 10.5. The van der Waals surface area contributed by atoms with Crippen LogP contribution in [-0.2, 0) is 16.6 Å². The molecule has 4 fully saturated rings. The molecule has 2 heterocycles. The van der Waals surface area contributed by atoms with E-state index in [-0.39, 0.29) is 28.6 Å². The lowest BCUT2D eigenvalue weighted by Crippen LogP contribution is -2.82. The standard InChI is InChI=1S/C38H46N4O4/c1-35(2,44)29-24-36-17-18-38(29,45-3)33-37(36)19-22-42(30(36)23-25-15-16-28(43)32(46-33)31(25)37)21-10-20-39-34(40-26-11-6-4-7-12-26)41-27-13-8-5-9-14-27/h4-9,11-16,29-30,33,43-44H,10,17-24H2,1-3H3,(H2,39,40,41)/t29-,30-,33-,36?,37+,38?/m1/s1. The summed E-state index contributed by atoms with van der Waals surface area (Å²) in [5, 5.41) is 29.7. The van der Waals surface area contributed by atoms with E-state index >= 15 is 0 Å². The number of guanidine groups is 1. The van der Waals surface area contributed by atoms with E-state index in [2.05, 4.69) is 21.6 Å². The zero-order valence-electron chi connectivity index (χ0n) is 27.1. The maximum absolute atomic E-state index is 11.6. The number of ether oxygens (including phenoxy) is 2. The number of nitrogens with zero attached hydrogens (tertiary/aromatic N) is 2. The molecule has 3 aromatic rings. The van der Waals surface area contributed by atoms with Crippen molar-refractivity contribution < 1.29 is 19.7 Å². The van der Waals surface area contributed by atoms with Crippen molar-refractivity contribution in [2.24, 2.45) is 16.3 Å². The lowest BCUT2D eigenvalue weighted by molar-refractivity contribution is -0.300. The second kappa shape index (κ2) is 10.7. The highest BCUT2D eigenvalue weighted by Crippen LogP contribution is 2.77. The van der Waals surface area contributed by atoms with Crippen LogP contribution in [0.3, 0.4) is 0 Å². The topological polar surface area (TPSA) is 98.6 Å². The molecule has 242 valence electrons. The lowest BCUT2D eigenvalue weighted by Gasteiger charge is -2.74. The van der Waals surface area contributed by atoms with Gasteiger partial charge in [0.1, 0.15) is 11.7 Å². The van der Waals surface area contributed by atoms with Crippen molar-refractivity contribution in [2.45, 2.75) is 81.1 Å². The molecule has 8 nitrogen and oxygen atoms in total. The normalized spacial score (nSPS) is 32.5. The molecular formula is C38H46N4O4. The molecule has 3 saturated carbocycles. The van der Waals surface area contributed by atoms with E-state index in [0.717, 1.165) is 75.5 Å². The van der Waals surface area contributed by atoms with Crippen molar-refractivity contribution in [3.63, 3.8) is 0 Å². The van der Waals surface area contributed by atoms with Gasteiger partial charge < -0.3 is 30.3 Å². The third-order valence-corrected chi connectivity index (χ3v) is 12.3. The summed E-state index contributed by atoms with van der Waals surface area (Å²) in [5.41, 5.74) is 2.63. The van der Waals surface area contributed by atoms with E-state index in [4.69, 9.17) is 14.5 Å². The van der Waals surface area contributed by atoms with E-state index in [1.165, 1.54) is 11.1 Å². The second-order valence-corrected chi connectivity index (χ2v) is 14.7. The molecule has 8 heteroatoms. The van der Waals surface area contributed by atoms with Gasteiger partial charge in [-0.25, -0.2) is 4.99 Å². The highest BCUT2D eigenvalue weighted by Gasteiger charge is 2.81. The van der Waals surface area contributed by atoms with Crippen LogP contribution in [0.4, 0.5) is 11.4 Å². The summed E-state index contributed by atoms with van der Waals surface area (Å²) in [7, 11) is 1.80.